The van der Waals surface area contributed by atoms with Gasteiger partial charge in [0.05, 0.1) is 37.1 Å². The molecule has 3 aromatic rings. The topological polar surface area (TPSA) is 73.1 Å². The Hall–Kier alpha value is -3.71. The number of nitrogens with zero attached hydrogens (tertiary/aromatic N) is 5. The summed E-state index contributed by atoms with van der Waals surface area (Å²) in [6, 6.07) is 8.14. The molecule has 0 aliphatic carbocycles. The Morgan fingerprint density at radius 1 is 1.21 bits per heavy atom. The highest BCUT2D eigenvalue weighted by Gasteiger charge is 2.38. The minimum atomic E-state index is -4.39. The Kier molecular flexibility index (Phi) is 6.42. The molecular weight excluding hydrogens is 435 g/mol. The van der Waals surface area contributed by atoms with Crippen LogP contribution in [0.1, 0.15) is 24.1 Å². The standard InChI is InChI=1S/C23H20F3N5O2/c1-2-4-22(32)30-13-20(31-12-19(28-29-31)17-5-3-10-27-11-17)21(14-30)33-15-16-6-8-18(9-7-16)23(24,25)26/h3,5-12,20-21H,13-15H2,1H3/t20-,21-/m1/s1. The lowest BCUT2D eigenvalue weighted by atomic mass is 10.1. The monoisotopic (exact) mass is 455 g/mol. The highest BCUT2D eigenvalue weighted by Crippen LogP contribution is 2.30. The smallest absolute Gasteiger partial charge is 0.369 e. The molecule has 1 aromatic carbocycles. The summed E-state index contributed by atoms with van der Waals surface area (Å²) in [6.07, 6.45) is 0.257. The molecule has 1 saturated heterocycles. The summed E-state index contributed by atoms with van der Waals surface area (Å²) in [5.41, 5.74) is 1.30. The summed E-state index contributed by atoms with van der Waals surface area (Å²) >= 11 is 0. The SMILES string of the molecule is CC#CC(=O)N1C[C@@H](n2cc(-c3cccnc3)nn2)[C@H](OCc2ccc(C(F)(F)F)cc2)C1. The third-order valence-electron chi connectivity index (χ3n) is 5.31. The second kappa shape index (κ2) is 9.42. The number of rotatable bonds is 5. The van der Waals surface area contributed by atoms with E-state index in [1.54, 1.807) is 41.2 Å². The Morgan fingerprint density at radius 3 is 2.67 bits per heavy atom. The first-order valence-electron chi connectivity index (χ1n) is 10.2. The number of carbonyl (C=O) groups excluding carboxylic acids is 1. The number of likely N-dealkylation sites (tertiary alicyclic amines) is 1. The number of hydrogen-bond acceptors (Lipinski definition) is 5. The van der Waals surface area contributed by atoms with Gasteiger partial charge in [0.2, 0.25) is 0 Å². The zero-order valence-electron chi connectivity index (χ0n) is 17.7. The summed E-state index contributed by atoms with van der Waals surface area (Å²) < 4.78 is 46.1. The largest absolute Gasteiger partial charge is 0.416 e. The first kappa shape index (κ1) is 22.5. The first-order chi connectivity index (χ1) is 15.8. The van der Waals surface area contributed by atoms with Gasteiger partial charge in [0, 0.05) is 24.5 Å². The maximum Gasteiger partial charge on any atom is 0.416 e. The molecule has 0 bridgehead atoms. The van der Waals surface area contributed by atoms with Crippen molar-refractivity contribution in [1.29, 1.82) is 0 Å². The molecule has 0 saturated carbocycles. The minimum absolute atomic E-state index is 0.0882. The molecule has 1 aliphatic heterocycles. The van der Waals surface area contributed by atoms with Gasteiger partial charge in [0.1, 0.15) is 5.69 Å². The van der Waals surface area contributed by atoms with Crippen molar-refractivity contribution in [3.8, 4) is 23.1 Å². The predicted octanol–water partition coefficient (Wildman–Crippen LogP) is 3.35. The highest BCUT2D eigenvalue weighted by molar-refractivity contribution is 5.93. The van der Waals surface area contributed by atoms with E-state index >= 15 is 0 Å². The van der Waals surface area contributed by atoms with Crippen LogP contribution in [0.3, 0.4) is 0 Å². The lowest BCUT2D eigenvalue weighted by Crippen LogP contribution is -2.28. The fraction of sp³-hybridized carbons (Fsp3) is 0.304. The average molecular weight is 455 g/mol. The van der Waals surface area contributed by atoms with Crippen LogP contribution in [0, 0.1) is 11.8 Å². The van der Waals surface area contributed by atoms with Crippen LogP contribution in [0.5, 0.6) is 0 Å². The third-order valence-corrected chi connectivity index (χ3v) is 5.31. The lowest BCUT2D eigenvalue weighted by molar-refractivity contribution is -0.137. The van der Waals surface area contributed by atoms with E-state index in [2.05, 4.69) is 27.1 Å². The van der Waals surface area contributed by atoms with Crippen LogP contribution in [0.25, 0.3) is 11.3 Å². The number of hydrogen-bond donors (Lipinski definition) is 0. The Labute approximate surface area is 188 Å². The number of amides is 1. The maximum absolute atomic E-state index is 12.8. The van der Waals surface area contributed by atoms with Crippen LogP contribution in [-0.4, -0.2) is 50.0 Å². The molecule has 0 unspecified atom stereocenters. The van der Waals surface area contributed by atoms with Crippen LogP contribution in [0.2, 0.25) is 0 Å². The molecule has 1 aliphatic rings. The van der Waals surface area contributed by atoms with Crippen LogP contribution in [0.15, 0.2) is 55.0 Å². The molecule has 0 spiro atoms. The van der Waals surface area contributed by atoms with Crippen molar-refractivity contribution in [1.82, 2.24) is 24.9 Å². The summed E-state index contributed by atoms with van der Waals surface area (Å²) in [6.45, 7) is 2.27. The Balaban J connectivity index is 1.52. The molecule has 2 aromatic heterocycles. The van der Waals surface area contributed by atoms with Crippen LogP contribution >= 0.6 is 0 Å². The molecule has 3 heterocycles. The van der Waals surface area contributed by atoms with Gasteiger partial charge in [-0.15, -0.1) is 5.10 Å². The van der Waals surface area contributed by atoms with E-state index < -0.39 is 17.8 Å². The first-order valence-corrected chi connectivity index (χ1v) is 10.2. The van der Waals surface area contributed by atoms with E-state index in [1.165, 1.54) is 12.1 Å². The lowest BCUT2D eigenvalue weighted by Gasteiger charge is -2.18. The fourth-order valence-corrected chi connectivity index (χ4v) is 3.60. The number of benzene rings is 1. The number of ether oxygens (including phenoxy) is 1. The third kappa shape index (κ3) is 5.21. The van der Waals surface area contributed by atoms with Crippen molar-refractivity contribution in [2.75, 3.05) is 13.1 Å². The summed E-state index contributed by atoms with van der Waals surface area (Å²) in [5.74, 6) is 4.80. The molecular formula is C23H20F3N5O2. The van der Waals surface area contributed by atoms with Crippen LogP contribution in [0.4, 0.5) is 13.2 Å². The summed E-state index contributed by atoms with van der Waals surface area (Å²) in [4.78, 5) is 18.0. The molecule has 0 radical (unpaired) electrons. The normalized spacial score (nSPS) is 18.1. The van der Waals surface area contributed by atoms with Gasteiger partial charge >= 0.3 is 6.18 Å². The van der Waals surface area contributed by atoms with Crippen LogP contribution < -0.4 is 0 Å². The molecule has 0 N–H and O–H groups in total. The second-order valence-electron chi connectivity index (χ2n) is 7.52. The maximum atomic E-state index is 12.8. The molecule has 4 rings (SSSR count). The quantitative estimate of drug-likeness (QED) is 0.552. The average Bonchev–Trinajstić information content (AvgIpc) is 3.45. The van der Waals surface area contributed by atoms with E-state index in [-0.39, 0.29) is 25.1 Å². The van der Waals surface area contributed by atoms with Crippen molar-refractivity contribution in [2.45, 2.75) is 31.9 Å². The highest BCUT2D eigenvalue weighted by atomic mass is 19.4. The van der Waals surface area contributed by atoms with E-state index in [4.69, 9.17) is 4.74 Å². The van der Waals surface area contributed by atoms with Crippen molar-refractivity contribution in [3.63, 3.8) is 0 Å². The van der Waals surface area contributed by atoms with Crippen molar-refractivity contribution in [2.24, 2.45) is 0 Å². The second-order valence-corrected chi connectivity index (χ2v) is 7.52. The van der Waals surface area contributed by atoms with Crippen molar-refractivity contribution in [3.05, 3.63) is 66.1 Å². The molecule has 1 amide bonds. The number of halogens is 3. The molecule has 10 heteroatoms. The van der Waals surface area contributed by atoms with E-state index in [0.717, 1.165) is 17.7 Å². The van der Waals surface area contributed by atoms with Gasteiger partial charge in [-0.25, -0.2) is 4.68 Å². The van der Waals surface area contributed by atoms with Crippen molar-refractivity contribution < 1.29 is 22.7 Å². The van der Waals surface area contributed by atoms with E-state index in [1.807, 2.05) is 6.07 Å². The van der Waals surface area contributed by atoms with Gasteiger partial charge in [0.25, 0.3) is 5.91 Å². The van der Waals surface area contributed by atoms with Gasteiger partial charge in [-0.2, -0.15) is 13.2 Å². The zero-order valence-corrected chi connectivity index (χ0v) is 17.7. The van der Waals surface area contributed by atoms with Gasteiger partial charge in [-0.05, 0) is 42.7 Å². The number of carbonyl (C=O) groups is 1. The predicted molar refractivity (Wildman–Crippen MR) is 112 cm³/mol. The van der Waals surface area contributed by atoms with Gasteiger partial charge in [-0.1, -0.05) is 23.3 Å². The van der Waals surface area contributed by atoms with Gasteiger partial charge in [-0.3, -0.25) is 9.78 Å². The molecule has 1 fully saturated rings. The Bertz CT molecular complexity index is 1170. The summed E-state index contributed by atoms with van der Waals surface area (Å²) in [7, 11) is 0. The number of aromatic nitrogens is 4. The van der Waals surface area contributed by atoms with Crippen molar-refractivity contribution >= 4 is 5.91 Å². The zero-order chi connectivity index (χ0) is 23.4. The minimum Gasteiger partial charge on any atom is -0.369 e. The number of pyridine rings is 1. The van der Waals surface area contributed by atoms with Gasteiger partial charge in [0.15, 0.2) is 0 Å². The van der Waals surface area contributed by atoms with Crippen LogP contribution in [-0.2, 0) is 22.3 Å². The van der Waals surface area contributed by atoms with E-state index in [0.29, 0.717) is 17.8 Å². The van der Waals surface area contributed by atoms with E-state index in [9.17, 15) is 18.0 Å². The Morgan fingerprint density at radius 2 is 2.00 bits per heavy atom. The number of alkyl halides is 3. The fourth-order valence-electron chi connectivity index (χ4n) is 3.60. The van der Waals surface area contributed by atoms with Gasteiger partial charge < -0.3 is 9.64 Å². The molecule has 33 heavy (non-hydrogen) atoms. The molecule has 7 nitrogen and oxygen atoms in total. The summed E-state index contributed by atoms with van der Waals surface area (Å²) in [5, 5.41) is 8.42. The molecule has 2 atom stereocenters. The molecule has 170 valence electrons.